The number of hydrogen-bond acceptors (Lipinski definition) is 5. The Bertz CT molecular complexity index is 786. The number of aromatic nitrogens is 1. The smallest absolute Gasteiger partial charge is 0.276 e. The van der Waals surface area contributed by atoms with Crippen molar-refractivity contribution in [3.05, 3.63) is 52.9 Å². The second-order valence-corrected chi connectivity index (χ2v) is 6.27. The first kappa shape index (κ1) is 17.2. The second kappa shape index (κ2) is 7.06. The Morgan fingerprint density at radius 2 is 2.08 bits per heavy atom. The van der Waals surface area contributed by atoms with Gasteiger partial charge in [0.2, 0.25) is 0 Å². The third-order valence-corrected chi connectivity index (χ3v) is 4.54. The minimum absolute atomic E-state index is 0.0234. The van der Waals surface area contributed by atoms with Gasteiger partial charge in [-0.2, -0.15) is 0 Å². The molecule has 1 atom stereocenters. The third kappa shape index (κ3) is 3.56. The number of nitrogens with zero attached hydrogens (tertiary/aromatic N) is 3. The van der Waals surface area contributed by atoms with Gasteiger partial charge in [-0.15, -0.1) is 0 Å². The van der Waals surface area contributed by atoms with Crippen molar-refractivity contribution in [1.29, 1.82) is 0 Å². The van der Waals surface area contributed by atoms with Crippen molar-refractivity contribution in [1.82, 2.24) is 20.3 Å². The number of nitrogens with one attached hydrogen (secondary N) is 1. The molecule has 1 saturated heterocycles. The average molecular weight is 342 g/mol. The van der Waals surface area contributed by atoms with Gasteiger partial charge in [0, 0.05) is 38.3 Å². The summed E-state index contributed by atoms with van der Waals surface area (Å²) in [7, 11) is 3.64. The molecule has 1 aliphatic heterocycles. The van der Waals surface area contributed by atoms with Gasteiger partial charge in [-0.3, -0.25) is 14.5 Å². The van der Waals surface area contributed by atoms with E-state index in [-0.39, 0.29) is 17.9 Å². The maximum Gasteiger partial charge on any atom is 0.276 e. The monoisotopic (exact) mass is 342 g/mol. The molecular weight excluding hydrogens is 320 g/mol. The minimum atomic E-state index is -0.127. The van der Waals surface area contributed by atoms with Gasteiger partial charge in [0.15, 0.2) is 5.69 Å². The summed E-state index contributed by atoms with van der Waals surface area (Å²) in [5.41, 5.74) is 1.96. The van der Waals surface area contributed by atoms with E-state index in [1.807, 2.05) is 25.2 Å². The van der Waals surface area contributed by atoms with Crippen LogP contribution in [0.3, 0.4) is 0 Å². The van der Waals surface area contributed by atoms with Crippen molar-refractivity contribution >= 4 is 11.8 Å². The van der Waals surface area contributed by atoms with Gasteiger partial charge in [-0.25, -0.2) is 0 Å². The molecule has 1 N–H and O–H groups in total. The lowest BCUT2D eigenvalue weighted by atomic mass is 10.00. The van der Waals surface area contributed by atoms with Crippen molar-refractivity contribution in [3.8, 4) is 0 Å². The van der Waals surface area contributed by atoms with Crippen LogP contribution >= 0.6 is 0 Å². The summed E-state index contributed by atoms with van der Waals surface area (Å²) in [6.45, 7) is 3.68. The third-order valence-electron chi connectivity index (χ3n) is 4.54. The first-order valence-electron chi connectivity index (χ1n) is 8.24. The van der Waals surface area contributed by atoms with Crippen LogP contribution in [-0.2, 0) is 0 Å². The van der Waals surface area contributed by atoms with E-state index in [0.717, 1.165) is 12.1 Å². The topological polar surface area (TPSA) is 78.7 Å². The molecule has 132 valence electrons. The molecule has 1 unspecified atom stereocenters. The number of amides is 2. The number of likely N-dealkylation sites (N-methyl/N-ethyl adjacent to an activating group) is 1. The molecule has 0 saturated carbocycles. The Kier molecular flexibility index (Phi) is 4.85. The number of carbonyl (C=O) groups excluding carboxylic acids is 2. The van der Waals surface area contributed by atoms with Crippen LogP contribution in [0.5, 0.6) is 0 Å². The Balaban J connectivity index is 1.81. The van der Waals surface area contributed by atoms with Crippen molar-refractivity contribution in [2.45, 2.75) is 13.0 Å². The molecule has 2 aromatic rings. The van der Waals surface area contributed by atoms with Crippen LogP contribution in [0.15, 0.2) is 34.9 Å². The highest BCUT2D eigenvalue weighted by atomic mass is 16.5. The number of benzene rings is 1. The van der Waals surface area contributed by atoms with Crippen molar-refractivity contribution < 1.29 is 14.1 Å². The molecule has 1 aromatic heterocycles. The predicted octanol–water partition coefficient (Wildman–Crippen LogP) is 1.47. The Morgan fingerprint density at radius 3 is 2.76 bits per heavy atom. The molecule has 0 radical (unpaired) electrons. The van der Waals surface area contributed by atoms with Crippen LogP contribution in [0.1, 0.15) is 38.2 Å². The molecular formula is C18H22N4O3. The maximum atomic E-state index is 12.6. The molecule has 1 fully saturated rings. The first-order chi connectivity index (χ1) is 12.0. The van der Waals surface area contributed by atoms with Crippen LogP contribution in [0, 0.1) is 6.92 Å². The zero-order valence-corrected chi connectivity index (χ0v) is 14.7. The molecule has 25 heavy (non-hydrogen) atoms. The van der Waals surface area contributed by atoms with Crippen molar-refractivity contribution in [2.75, 3.05) is 33.7 Å². The SMILES string of the molecule is CNC(=O)c1cccc(C2CN(C(=O)c3cc(C)on3)CCN2C)c1. The Morgan fingerprint density at radius 1 is 1.28 bits per heavy atom. The van der Waals surface area contributed by atoms with Crippen molar-refractivity contribution in [3.63, 3.8) is 0 Å². The van der Waals surface area contributed by atoms with Crippen LogP contribution in [-0.4, -0.2) is 60.5 Å². The van der Waals surface area contributed by atoms with E-state index in [9.17, 15) is 9.59 Å². The van der Waals surface area contributed by atoms with E-state index < -0.39 is 0 Å². The summed E-state index contributed by atoms with van der Waals surface area (Å²) in [4.78, 5) is 28.5. The molecule has 7 heteroatoms. The second-order valence-electron chi connectivity index (χ2n) is 6.27. The number of hydrogen-bond donors (Lipinski definition) is 1. The highest BCUT2D eigenvalue weighted by Crippen LogP contribution is 2.25. The molecule has 2 heterocycles. The maximum absolute atomic E-state index is 12.6. The Hall–Kier alpha value is -2.67. The number of carbonyl (C=O) groups is 2. The summed E-state index contributed by atoms with van der Waals surface area (Å²) in [5, 5.41) is 6.46. The molecule has 0 bridgehead atoms. The zero-order valence-electron chi connectivity index (χ0n) is 14.7. The lowest BCUT2D eigenvalue weighted by molar-refractivity contribution is 0.0536. The summed E-state index contributed by atoms with van der Waals surface area (Å²) in [6.07, 6.45) is 0. The van der Waals surface area contributed by atoms with Gasteiger partial charge in [0.1, 0.15) is 5.76 Å². The fourth-order valence-corrected chi connectivity index (χ4v) is 3.08. The number of aryl methyl sites for hydroxylation is 1. The predicted molar refractivity (Wildman–Crippen MR) is 92.3 cm³/mol. The number of rotatable bonds is 3. The van der Waals surface area contributed by atoms with E-state index in [2.05, 4.69) is 15.4 Å². The van der Waals surface area contributed by atoms with E-state index in [1.54, 1.807) is 31.0 Å². The largest absolute Gasteiger partial charge is 0.361 e. The van der Waals surface area contributed by atoms with Gasteiger partial charge in [-0.05, 0) is 31.7 Å². The van der Waals surface area contributed by atoms with Gasteiger partial charge < -0.3 is 14.7 Å². The first-order valence-corrected chi connectivity index (χ1v) is 8.24. The lowest BCUT2D eigenvalue weighted by Crippen LogP contribution is -2.49. The standard InChI is InChI=1S/C18H22N4O3/c1-12-9-15(20-25-12)18(24)22-8-7-21(3)16(11-22)13-5-4-6-14(10-13)17(23)19-2/h4-6,9-10,16H,7-8,11H2,1-3H3,(H,19,23). The summed E-state index contributed by atoms with van der Waals surface area (Å²) < 4.78 is 5.01. The summed E-state index contributed by atoms with van der Waals surface area (Å²) in [6, 6.07) is 9.20. The minimum Gasteiger partial charge on any atom is -0.361 e. The van der Waals surface area contributed by atoms with Gasteiger partial charge >= 0.3 is 0 Å². The molecule has 1 aromatic carbocycles. The highest BCUT2D eigenvalue weighted by molar-refractivity contribution is 5.94. The molecule has 1 aliphatic rings. The normalized spacial score (nSPS) is 18.2. The highest BCUT2D eigenvalue weighted by Gasteiger charge is 2.30. The molecule has 7 nitrogen and oxygen atoms in total. The fraction of sp³-hybridized carbons (Fsp3) is 0.389. The molecule has 3 rings (SSSR count). The van der Waals surface area contributed by atoms with Gasteiger partial charge in [-0.1, -0.05) is 17.3 Å². The van der Waals surface area contributed by atoms with Crippen LogP contribution in [0.2, 0.25) is 0 Å². The van der Waals surface area contributed by atoms with E-state index in [1.165, 1.54) is 0 Å². The molecule has 0 spiro atoms. The zero-order chi connectivity index (χ0) is 18.0. The molecule has 2 amide bonds. The van der Waals surface area contributed by atoms with Crippen LogP contribution in [0.4, 0.5) is 0 Å². The number of piperazine rings is 1. The van der Waals surface area contributed by atoms with E-state index in [0.29, 0.717) is 30.1 Å². The summed E-state index contributed by atoms with van der Waals surface area (Å²) in [5.74, 6) is 0.371. The van der Waals surface area contributed by atoms with Crippen molar-refractivity contribution in [2.24, 2.45) is 0 Å². The van der Waals surface area contributed by atoms with Crippen LogP contribution < -0.4 is 5.32 Å². The van der Waals surface area contributed by atoms with E-state index in [4.69, 9.17) is 4.52 Å². The fourth-order valence-electron chi connectivity index (χ4n) is 3.08. The van der Waals surface area contributed by atoms with E-state index >= 15 is 0 Å². The van der Waals surface area contributed by atoms with Gasteiger partial charge in [0.25, 0.3) is 11.8 Å². The quantitative estimate of drug-likeness (QED) is 0.914. The Labute approximate surface area is 146 Å². The van der Waals surface area contributed by atoms with Crippen LogP contribution in [0.25, 0.3) is 0 Å². The average Bonchev–Trinajstić information content (AvgIpc) is 3.07. The summed E-state index contributed by atoms with van der Waals surface area (Å²) >= 11 is 0. The molecule has 0 aliphatic carbocycles. The van der Waals surface area contributed by atoms with Gasteiger partial charge in [0.05, 0.1) is 6.04 Å². The lowest BCUT2D eigenvalue weighted by Gasteiger charge is -2.39.